The number of carbonyl (C=O) groups excluding carboxylic acids is 2. The molecule has 1 unspecified atom stereocenters. The molecule has 0 saturated carbocycles. The zero-order valence-corrected chi connectivity index (χ0v) is 16.3. The molecule has 1 aliphatic rings. The van der Waals surface area contributed by atoms with Gasteiger partial charge in [0.05, 0.1) is 13.1 Å². The van der Waals surface area contributed by atoms with Crippen LogP contribution >= 0.6 is 0 Å². The Morgan fingerprint density at radius 3 is 2.69 bits per heavy atom. The van der Waals surface area contributed by atoms with E-state index in [9.17, 15) is 14.0 Å². The van der Waals surface area contributed by atoms with Crippen LogP contribution in [0.25, 0.3) is 0 Å². The first-order valence-corrected chi connectivity index (χ1v) is 9.46. The summed E-state index contributed by atoms with van der Waals surface area (Å²) >= 11 is 0. The highest BCUT2D eigenvalue weighted by Gasteiger charge is 2.34. The fourth-order valence-corrected chi connectivity index (χ4v) is 3.86. The minimum atomic E-state index is -0.297. The summed E-state index contributed by atoms with van der Waals surface area (Å²) < 4.78 is 15.0. The lowest BCUT2D eigenvalue weighted by Crippen LogP contribution is -2.39. The molecule has 2 aromatic heterocycles. The second kappa shape index (κ2) is 7.54. The van der Waals surface area contributed by atoms with Gasteiger partial charge in [-0.05, 0) is 29.8 Å². The van der Waals surface area contributed by atoms with Gasteiger partial charge in [-0.15, -0.1) is 0 Å². The van der Waals surface area contributed by atoms with Gasteiger partial charge in [0.25, 0.3) is 11.8 Å². The molecule has 0 saturated heterocycles. The van der Waals surface area contributed by atoms with Crippen LogP contribution in [0.15, 0.2) is 42.6 Å². The Balaban J connectivity index is 1.71. The van der Waals surface area contributed by atoms with Crippen molar-refractivity contribution in [2.45, 2.75) is 25.9 Å². The van der Waals surface area contributed by atoms with Gasteiger partial charge in [0.2, 0.25) is 0 Å². The molecule has 1 aliphatic heterocycles. The Kier molecular flexibility index (Phi) is 4.92. The summed E-state index contributed by atoms with van der Waals surface area (Å²) in [6, 6.07) is 9.74. The molecule has 1 atom stereocenters. The molecule has 4 rings (SSSR count). The van der Waals surface area contributed by atoms with Crippen molar-refractivity contribution < 1.29 is 14.0 Å². The number of carbonyl (C=O) groups is 2. The van der Waals surface area contributed by atoms with Crippen LogP contribution in [0.1, 0.15) is 50.6 Å². The summed E-state index contributed by atoms with van der Waals surface area (Å²) in [6.07, 6.45) is 1.71. The van der Waals surface area contributed by atoms with Crippen LogP contribution in [0, 0.1) is 5.82 Å². The molecule has 0 bridgehead atoms. The Bertz CT molecular complexity index is 1040. The third kappa shape index (κ3) is 3.53. The van der Waals surface area contributed by atoms with Crippen LogP contribution in [0.5, 0.6) is 0 Å². The van der Waals surface area contributed by atoms with Gasteiger partial charge in [-0.3, -0.25) is 14.3 Å². The minimum absolute atomic E-state index is 0.0102. The zero-order chi connectivity index (χ0) is 20.5. The third-order valence-corrected chi connectivity index (χ3v) is 5.21. The molecule has 7 nitrogen and oxygen atoms in total. The van der Waals surface area contributed by atoms with Crippen LogP contribution < -0.4 is 5.32 Å². The fraction of sp³-hybridized carbons (Fsp3) is 0.286. The third-order valence-electron chi connectivity index (χ3n) is 5.21. The zero-order valence-electron chi connectivity index (χ0n) is 16.3. The van der Waals surface area contributed by atoms with E-state index in [4.69, 9.17) is 0 Å². The van der Waals surface area contributed by atoms with E-state index in [1.807, 2.05) is 6.92 Å². The summed E-state index contributed by atoms with van der Waals surface area (Å²) in [5.74, 6) is -0.708. The maximum Gasteiger partial charge on any atom is 0.271 e. The van der Waals surface area contributed by atoms with E-state index >= 15 is 0 Å². The predicted molar refractivity (Wildman–Crippen MR) is 105 cm³/mol. The second-order valence-electron chi connectivity index (χ2n) is 7.25. The Morgan fingerprint density at radius 1 is 1.28 bits per heavy atom. The maximum atomic E-state index is 13.2. The number of nitrogens with one attached hydrogen (secondary N) is 2. The summed E-state index contributed by atoms with van der Waals surface area (Å²) in [4.78, 5) is 30.0. The van der Waals surface area contributed by atoms with Gasteiger partial charge in [0, 0.05) is 37.0 Å². The number of nitrogens with zero attached hydrogens (tertiary/aromatic N) is 3. The molecule has 0 radical (unpaired) electrons. The number of benzene rings is 1. The molecule has 0 fully saturated rings. The van der Waals surface area contributed by atoms with E-state index in [-0.39, 0.29) is 23.5 Å². The van der Waals surface area contributed by atoms with Crippen LogP contribution in [0.3, 0.4) is 0 Å². The highest BCUT2D eigenvalue weighted by Crippen LogP contribution is 2.32. The highest BCUT2D eigenvalue weighted by atomic mass is 19.1. The van der Waals surface area contributed by atoms with Crippen LogP contribution in [-0.4, -0.2) is 45.1 Å². The molecule has 3 heterocycles. The summed E-state index contributed by atoms with van der Waals surface area (Å²) in [5.41, 5.74) is 3.41. The van der Waals surface area contributed by atoms with Crippen molar-refractivity contribution in [3.63, 3.8) is 0 Å². The lowest BCUT2D eigenvalue weighted by Gasteiger charge is -2.32. The van der Waals surface area contributed by atoms with Crippen molar-refractivity contribution in [3.05, 3.63) is 76.6 Å². The van der Waals surface area contributed by atoms with E-state index in [1.165, 1.54) is 12.1 Å². The molecule has 0 spiro atoms. The molecule has 1 aromatic carbocycles. The number of halogens is 1. The quantitative estimate of drug-likeness (QED) is 0.712. The van der Waals surface area contributed by atoms with Gasteiger partial charge in [-0.2, -0.15) is 5.10 Å². The first-order chi connectivity index (χ1) is 14.0. The van der Waals surface area contributed by atoms with Crippen molar-refractivity contribution in [2.75, 3.05) is 13.6 Å². The number of H-pyrrole nitrogens is 1. The van der Waals surface area contributed by atoms with E-state index in [0.29, 0.717) is 31.0 Å². The van der Waals surface area contributed by atoms with E-state index in [2.05, 4.69) is 15.4 Å². The summed E-state index contributed by atoms with van der Waals surface area (Å²) in [6.45, 7) is 3.27. The Labute approximate surface area is 167 Å². The topological polar surface area (TPSA) is 83.0 Å². The van der Waals surface area contributed by atoms with Crippen molar-refractivity contribution in [1.29, 1.82) is 0 Å². The second-order valence-corrected chi connectivity index (χ2v) is 7.25. The van der Waals surface area contributed by atoms with Gasteiger partial charge in [-0.25, -0.2) is 4.39 Å². The Morgan fingerprint density at radius 2 is 2.03 bits per heavy atom. The molecule has 29 heavy (non-hydrogen) atoms. The number of rotatable bonds is 4. The van der Waals surface area contributed by atoms with E-state index < -0.39 is 0 Å². The molecule has 2 N–H and O–H groups in total. The first kappa shape index (κ1) is 18.9. The van der Waals surface area contributed by atoms with Crippen molar-refractivity contribution >= 4 is 11.8 Å². The molecule has 8 heteroatoms. The van der Waals surface area contributed by atoms with E-state index in [1.54, 1.807) is 47.1 Å². The lowest BCUT2D eigenvalue weighted by atomic mass is 9.95. The number of aromatic amines is 1. The van der Waals surface area contributed by atoms with Gasteiger partial charge in [0.15, 0.2) is 5.69 Å². The van der Waals surface area contributed by atoms with Crippen LogP contribution in [0.2, 0.25) is 0 Å². The summed E-state index contributed by atoms with van der Waals surface area (Å²) in [7, 11) is 1.56. The fourth-order valence-electron chi connectivity index (χ4n) is 3.86. The SMILES string of the molecule is CNC(=O)c1nn(Cc2ccc(F)cc2)c2c1CN(C(=O)c1ccc[nH]1)CC2C. The van der Waals surface area contributed by atoms with Gasteiger partial charge in [-0.1, -0.05) is 19.1 Å². The highest BCUT2D eigenvalue weighted by molar-refractivity contribution is 5.95. The average molecular weight is 395 g/mol. The van der Waals surface area contributed by atoms with Gasteiger partial charge < -0.3 is 15.2 Å². The number of hydrogen-bond acceptors (Lipinski definition) is 3. The normalized spacial score (nSPS) is 15.8. The maximum absolute atomic E-state index is 13.2. The molecular weight excluding hydrogens is 373 g/mol. The number of fused-ring (bicyclic) bond motifs is 1. The van der Waals surface area contributed by atoms with Gasteiger partial charge >= 0.3 is 0 Å². The van der Waals surface area contributed by atoms with Crippen LogP contribution in [-0.2, 0) is 13.1 Å². The summed E-state index contributed by atoms with van der Waals surface area (Å²) in [5, 5.41) is 7.18. The monoisotopic (exact) mass is 395 g/mol. The lowest BCUT2D eigenvalue weighted by molar-refractivity contribution is 0.0711. The van der Waals surface area contributed by atoms with E-state index in [0.717, 1.165) is 16.8 Å². The molecule has 150 valence electrons. The predicted octanol–water partition coefficient (Wildman–Crippen LogP) is 2.52. The smallest absolute Gasteiger partial charge is 0.271 e. The van der Waals surface area contributed by atoms with Crippen LogP contribution in [0.4, 0.5) is 4.39 Å². The Hall–Kier alpha value is -3.42. The molecule has 3 aromatic rings. The average Bonchev–Trinajstić information content (AvgIpc) is 3.37. The number of amides is 2. The molecule has 0 aliphatic carbocycles. The number of aromatic nitrogens is 3. The van der Waals surface area contributed by atoms with Crippen molar-refractivity contribution in [1.82, 2.24) is 25.0 Å². The standard InChI is InChI=1S/C21H22FN5O2/c1-13-10-26(21(29)17-4-3-9-24-17)12-16-18(20(28)23-2)25-27(19(13)16)11-14-5-7-15(22)8-6-14/h3-9,13,24H,10-12H2,1-2H3,(H,23,28). The van der Waals surface area contributed by atoms with Crippen molar-refractivity contribution in [3.8, 4) is 0 Å². The largest absolute Gasteiger partial charge is 0.357 e. The molecular formula is C21H22FN5O2. The molecule has 2 amide bonds. The van der Waals surface area contributed by atoms with Crippen molar-refractivity contribution in [2.24, 2.45) is 0 Å². The van der Waals surface area contributed by atoms with Gasteiger partial charge in [0.1, 0.15) is 11.5 Å². The minimum Gasteiger partial charge on any atom is -0.357 e. The number of hydrogen-bond donors (Lipinski definition) is 2. The first-order valence-electron chi connectivity index (χ1n) is 9.46.